The Morgan fingerprint density at radius 1 is 1.39 bits per heavy atom. The molecule has 7 heteroatoms. The molecule has 2 heterocycles. The van der Waals surface area contributed by atoms with Crippen molar-refractivity contribution < 1.29 is 13.9 Å². The molecule has 6 nitrogen and oxygen atoms in total. The van der Waals surface area contributed by atoms with E-state index < -0.39 is 5.82 Å². The lowest BCUT2D eigenvalue weighted by Crippen LogP contribution is -2.35. The number of benzene rings is 1. The number of nitrogen functional groups attached to an aromatic ring is 1. The molecular formula is C16H17FN4O2. The van der Waals surface area contributed by atoms with Crippen LogP contribution in [-0.2, 0) is 4.79 Å². The van der Waals surface area contributed by atoms with Gasteiger partial charge in [-0.05, 0) is 37.6 Å². The fraction of sp³-hybridized carbons (Fsp3) is 0.250. The second kappa shape index (κ2) is 6.62. The number of carbonyl (C=O) groups is 1. The maximum Gasteiger partial charge on any atom is 0.242 e. The molecule has 1 amide bonds. The standard InChI is InChI=1S/C16H17FN4O2/c17-12-8-10(18)3-4-14(12)23-11-5-7-20-15(9-11)21-16(22)13-2-1-6-19-13/h3-5,7-9,13,19H,1-2,6,18H2,(H,20,21,22). The molecule has 0 bridgehead atoms. The van der Waals surface area contributed by atoms with E-state index in [0.717, 1.165) is 19.4 Å². The van der Waals surface area contributed by atoms with Gasteiger partial charge in [0.15, 0.2) is 11.6 Å². The number of nitrogens with zero attached hydrogens (tertiary/aromatic N) is 1. The third-order valence-electron chi connectivity index (χ3n) is 3.54. The quantitative estimate of drug-likeness (QED) is 0.753. The van der Waals surface area contributed by atoms with Crippen molar-refractivity contribution in [2.45, 2.75) is 18.9 Å². The van der Waals surface area contributed by atoms with Gasteiger partial charge >= 0.3 is 0 Å². The van der Waals surface area contributed by atoms with Crippen LogP contribution in [0.3, 0.4) is 0 Å². The van der Waals surface area contributed by atoms with Gasteiger partial charge in [-0.15, -0.1) is 0 Å². The predicted molar refractivity (Wildman–Crippen MR) is 84.8 cm³/mol. The van der Waals surface area contributed by atoms with Crippen LogP contribution in [0.2, 0.25) is 0 Å². The first kappa shape index (κ1) is 15.2. The molecular weight excluding hydrogens is 299 g/mol. The van der Waals surface area contributed by atoms with Gasteiger partial charge in [-0.1, -0.05) is 0 Å². The summed E-state index contributed by atoms with van der Waals surface area (Å²) in [4.78, 5) is 16.1. The van der Waals surface area contributed by atoms with Crippen molar-refractivity contribution in [3.8, 4) is 11.5 Å². The summed E-state index contributed by atoms with van der Waals surface area (Å²) in [5, 5.41) is 5.84. The molecule has 0 aliphatic carbocycles. The van der Waals surface area contributed by atoms with Crippen LogP contribution in [-0.4, -0.2) is 23.5 Å². The van der Waals surface area contributed by atoms with Gasteiger partial charge in [-0.3, -0.25) is 4.79 Å². The molecule has 0 spiro atoms. The minimum Gasteiger partial charge on any atom is -0.454 e. The van der Waals surface area contributed by atoms with Crippen LogP contribution in [0.4, 0.5) is 15.9 Å². The number of nitrogens with one attached hydrogen (secondary N) is 2. The highest BCUT2D eigenvalue weighted by atomic mass is 19.1. The van der Waals surface area contributed by atoms with E-state index in [1.165, 1.54) is 18.3 Å². The number of hydrogen-bond acceptors (Lipinski definition) is 5. The van der Waals surface area contributed by atoms with Crippen molar-refractivity contribution in [3.05, 3.63) is 42.3 Å². The number of carbonyl (C=O) groups excluding carboxylic acids is 1. The number of rotatable bonds is 4. The number of aromatic nitrogens is 1. The SMILES string of the molecule is Nc1ccc(Oc2ccnc(NC(=O)C3CCCN3)c2)c(F)c1. The fourth-order valence-corrected chi connectivity index (χ4v) is 2.39. The molecule has 1 saturated heterocycles. The minimum atomic E-state index is -0.553. The molecule has 4 N–H and O–H groups in total. The van der Waals surface area contributed by atoms with Crippen LogP contribution >= 0.6 is 0 Å². The second-order valence-electron chi connectivity index (χ2n) is 5.31. The average molecular weight is 316 g/mol. The topological polar surface area (TPSA) is 89.3 Å². The summed E-state index contributed by atoms with van der Waals surface area (Å²) in [6, 6.07) is 7.11. The van der Waals surface area contributed by atoms with Crippen molar-refractivity contribution in [2.24, 2.45) is 0 Å². The summed E-state index contributed by atoms with van der Waals surface area (Å²) < 4.78 is 19.2. The molecule has 1 aliphatic rings. The van der Waals surface area contributed by atoms with E-state index in [2.05, 4.69) is 15.6 Å². The molecule has 1 unspecified atom stereocenters. The Labute approximate surface area is 132 Å². The third kappa shape index (κ3) is 3.75. The van der Waals surface area contributed by atoms with Crippen LogP contribution in [0.1, 0.15) is 12.8 Å². The summed E-state index contributed by atoms with van der Waals surface area (Å²) in [5.41, 5.74) is 5.82. The Morgan fingerprint density at radius 3 is 3.00 bits per heavy atom. The van der Waals surface area contributed by atoms with Crippen LogP contribution < -0.4 is 21.1 Å². The number of amides is 1. The molecule has 1 aromatic heterocycles. The van der Waals surface area contributed by atoms with E-state index in [4.69, 9.17) is 10.5 Å². The largest absolute Gasteiger partial charge is 0.454 e. The Kier molecular flexibility index (Phi) is 4.38. The molecule has 3 rings (SSSR count). The van der Waals surface area contributed by atoms with E-state index >= 15 is 0 Å². The number of anilines is 2. The van der Waals surface area contributed by atoms with Crippen LogP contribution in [0.15, 0.2) is 36.5 Å². The Hall–Kier alpha value is -2.67. The molecule has 1 aromatic carbocycles. The van der Waals surface area contributed by atoms with Gasteiger partial charge in [-0.2, -0.15) is 0 Å². The molecule has 1 fully saturated rings. The maximum absolute atomic E-state index is 13.8. The highest BCUT2D eigenvalue weighted by Crippen LogP contribution is 2.26. The van der Waals surface area contributed by atoms with Crippen molar-refractivity contribution in [2.75, 3.05) is 17.6 Å². The summed E-state index contributed by atoms with van der Waals surface area (Å²) >= 11 is 0. The van der Waals surface area contributed by atoms with Crippen molar-refractivity contribution in [1.29, 1.82) is 0 Å². The van der Waals surface area contributed by atoms with Crippen molar-refractivity contribution in [3.63, 3.8) is 0 Å². The second-order valence-corrected chi connectivity index (χ2v) is 5.31. The smallest absolute Gasteiger partial charge is 0.242 e. The van der Waals surface area contributed by atoms with Crippen molar-refractivity contribution >= 4 is 17.4 Å². The Morgan fingerprint density at radius 2 is 2.26 bits per heavy atom. The molecule has 1 atom stereocenters. The van der Waals surface area contributed by atoms with Gasteiger partial charge in [0.05, 0.1) is 6.04 Å². The lowest BCUT2D eigenvalue weighted by atomic mass is 10.2. The monoisotopic (exact) mass is 316 g/mol. The highest BCUT2D eigenvalue weighted by Gasteiger charge is 2.22. The lowest BCUT2D eigenvalue weighted by Gasteiger charge is -2.12. The van der Waals surface area contributed by atoms with Crippen LogP contribution in [0.25, 0.3) is 0 Å². The highest BCUT2D eigenvalue weighted by molar-refractivity contribution is 5.94. The van der Waals surface area contributed by atoms with E-state index in [0.29, 0.717) is 17.3 Å². The zero-order valence-electron chi connectivity index (χ0n) is 12.4. The molecule has 1 aliphatic heterocycles. The van der Waals surface area contributed by atoms with Gasteiger partial charge in [0.2, 0.25) is 5.91 Å². The molecule has 0 saturated carbocycles. The Bertz CT molecular complexity index is 717. The van der Waals surface area contributed by atoms with E-state index in [1.807, 2.05) is 0 Å². The normalized spacial score (nSPS) is 17.0. The van der Waals surface area contributed by atoms with Crippen LogP contribution in [0.5, 0.6) is 11.5 Å². The van der Waals surface area contributed by atoms with Gasteiger partial charge in [0, 0.05) is 24.0 Å². The molecule has 2 aromatic rings. The number of hydrogen-bond donors (Lipinski definition) is 3. The zero-order valence-corrected chi connectivity index (χ0v) is 12.4. The van der Waals surface area contributed by atoms with E-state index in [1.54, 1.807) is 18.2 Å². The maximum atomic E-state index is 13.8. The van der Waals surface area contributed by atoms with Crippen molar-refractivity contribution in [1.82, 2.24) is 10.3 Å². The zero-order chi connectivity index (χ0) is 16.2. The predicted octanol–water partition coefficient (Wildman–Crippen LogP) is 2.29. The summed E-state index contributed by atoms with van der Waals surface area (Å²) in [6.07, 6.45) is 3.27. The molecule has 120 valence electrons. The van der Waals surface area contributed by atoms with Gasteiger partial charge in [-0.25, -0.2) is 9.37 Å². The van der Waals surface area contributed by atoms with E-state index in [-0.39, 0.29) is 17.7 Å². The van der Waals surface area contributed by atoms with Gasteiger partial charge < -0.3 is 21.1 Å². The molecule has 0 radical (unpaired) electrons. The van der Waals surface area contributed by atoms with E-state index in [9.17, 15) is 9.18 Å². The summed E-state index contributed by atoms with van der Waals surface area (Å²) in [6.45, 7) is 0.838. The summed E-state index contributed by atoms with van der Waals surface area (Å²) in [7, 11) is 0. The number of nitrogens with two attached hydrogens (primary N) is 1. The first-order valence-electron chi connectivity index (χ1n) is 7.35. The first-order valence-corrected chi connectivity index (χ1v) is 7.35. The van der Waals surface area contributed by atoms with Gasteiger partial charge in [0.25, 0.3) is 0 Å². The van der Waals surface area contributed by atoms with Crippen LogP contribution in [0, 0.1) is 5.82 Å². The lowest BCUT2D eigenvalue weighted by molar-refractivity contribution is -0.117. The fourth-order valence-electron chi connectivity index (χ4n) is 2.39. The minimum absolute atomic E-state index is 0.0557. The number of halogens is 1. The summed E-state index contributed by atoms with van der Waals surface area (Å²) in [5.74, 6) is 0.101. The first-order chi connectivity index (χ1) is 11.1. The van der Waals surface area contributed by atoms with Gasteiger partial charge in [0.1, 0.15) is 11.6 Å². The number of pyridine rings is 1. The number of ether oxygens (including phenoxy) is 1. The average Bonchev–Trinajstić information content (AvgIpc) is 3.05. The molecule has 23 heavy (non-hydrogen) atoms. The third-order valence-corrected chi connectivity index (χ3v) is 3.54. The Balaban J connectivity index is 1.70.